The molecule has 0 saturated heterocycles. The lowest BCUT2D eigenvalue weighted by Crippen LogP contribution is -2.10. The van der Waals surface area contributed by atoms with Crippen LogP contribution in [-0.2, 0) is 0 Å². The first-order chi connectivity index (χ1) is 8.63. The fourth-order valence-corrected chi connectivity index (χ4v) is 1.78. The van der Waals surface area contributed by atoms with Gasteiger partial charge in [-0.25, -0.2) is 9.97 Å². The van der Waals surface area contributed by atoms with E-state index in [-0.39, 0.29) is 0 Å². The van der Waals surface area contributed by atoms with Gasteiger partial charge in [-0.3, -0.25) is 0 Å². The molecular weight excluding hydrogens is 226 g/mol. The van der Waals surface area contributed by atoms with Crippen molar-refractivity contribution in [1.29, 1.82) is 0 Å². The summed E-state index contributed by atoms with van der Waals surface area (Å²) in [6.45, 7) is 3.56. The number of hydrogen-bond acceptors (Lipinski definition) is 5. The molecule has 0 fully saturated rings. The molecule has 0 amide bonds. The Morgan fingerprint density at radius 3 is 2.61 bits per heavy atom. The Labute approximate surface area is 105 Å². The smallest absolute Gasteiger partial charge is 0.163 e. The minimum atomic E-state index is 0.542. The number of para-hydroxylation sites is 1. The van der Waals surface area contributed by atoms with E-state index in [0.717, 1.165) is 10.9 Å². The number of nitrogens with zero attached hydrogens (tertiary/aromatic N) is 3. The van der Waals surface area contributed by atoms with Gasteiger partial charge in [-0.15, -0.1) is 0 Å². The first-order valence-electron chi connectivity index (χ1n) is 5.57. The third-order valence-corrected chi connectivity index (χ3v) is 2.66. The Morgan fingerprint density at radius 2 is 1.94 bits per heavy atom. The van der Waals surface area contributed by atoms with Crippen LogP contribution in [0.2, 0.25) is 0 Å². The summed E-state index contributed by atoms with van der Waals surface area (Å²) in [6, 6.07) is 7.77. The van der Waals surface area contributed by atoms with E-state index >= 15 is 0 Å². The zero-order chi connectivity index (χ0) is 13.1. The average molecular weight is 241 g/mol. The molecule has 0 aliphatic rings. The minimum absolute atomic E-state index is 0.542. The maximum atomic E-state index is 5.85. The topological polar surface area (TPSA) is 90.2 Å². The summed E-state index contributed by atoms with van der Waals surface area (Å²) in [5.41, 5.74) is 8.61. The molecule has 92 valence electrons. The van der Waals surface area contributed by atoms with Crippen molar-refractivity contribution in [1.82, 2.24) is 9.97 Å². The Bertz CT molecular complexity index is 639. The normalized spacial score (nSPS) is 13.6. The van der Waals surface area contributed by atoms with Crippen LogP contribution in [0.25, 0.3) is 16.5 Å². The van der Waals surface area contributed by atoms with Crippen molar-refractivity contribution in [3.63, 3.8) is 0 Å². The quantitative estimate of drug-likeness (QED) is 0.475. The van der Waals surface area contributed by atoms with E-state index in [9.17, 15) is 0 Å². The maximum absolute atomic E-state index is 5.85. The van der Waals surface area contributed by atoms with Crippen molar-refractivity contribution in [2.24, 2.45) is 16.7 Å². The molecular formula is C13H15N5. The minimum Gasteiger partial charge on any atom is -0.402 e. The molecule has 4 N–H and O–H groups in total. The lowest BCUT2D eigenvalue weighted by molar-refractivity contribution is 1.15. The molecule has 0 spiro atoms. The van der Waals surface area contributed by atoms with Crippen molar-refractivity contribution in [3.8, 4) is 0 Å². The third kappa shape index (κ3) is 2.15. The molecule has 0 radical (unpaired) electrons. The highest BCUT2D eigenvalue weighted by molar-refractivity contribution is 6.22. The average Bonchev–Trinajstić information content (AvgIpc) is 2.38. The molecule has 18 heavy (non-hydrogen) atoms. The second-order valence-corrected chi connectivity index (χ2v) is 4.02. The van der Waals surface area contributed by atoms with Crippen LogP contribution >= 0.6 is 0 Å². The zero-order valence-electron chi connectivity index (χ0n) is 10.4. The largest absolute Gasteiger partial charge is 0.402 e. The maximum Gasteiger partial charge on any atom is 0.163 e. The molecule has 0 bridgehead atoms. The number of benzene rings is 1. The molecule has 5 nitrogen and oxygen atoms in total. The highest BCUT2D eigenvalue weighted by Crippen LogP contribution is 2.17. The number of hydrazone groups is 1. The summed E-state index contributed by atoms with van der Waals surface area (Å²) in [6.07, 6.45) is 1.77. The number of fused-ring (bicyclic) bond motifs is 1. The van der Waals surface area contributed by atoms with Crippen LogP contribution in [0, 0.1) is 0 Å². The van der Waals surface area contributed by atoms with E-state index in [1.807, 2.05) is 24.3 Å². The molecule has 1 heterocycles. The Morgan fingerprint density at radius 1 is 1.22 bits per heavy atom. The summed E-state index contributed by atoms with van der Waals surface area (Å²) < 4.78 is 0. The van der Waals surface area contributed by atoms with Crippen LogP contribution < -0.4 is 11.6 Å². The molecule has 1 aromatic carbocycles. The predicted molar refractivity (Wildman–Crippen MR) is 73.6 cm³/mol. The van der Waals surface area contributed by atoms with E-state index in [2.05, 4.69) is 15.1 Å². The molecule has 5 heteroatoms. The monoisotopic (exact) mass is 241 g/mol. The van der Waals surface area contributed by atoms with Gasteiger partial charge in [0.25, 0.3) is 0 Å². The molecule has 2 rings (SSSR count). The van der Waals surface area contributed by atoms with E-state index in [0.29, 0.717) is 22.8 Å². The van der Waals surface area contributed by atoms with Gasteiger partial charge in [-0.05, 0) is 19.9 Å². The highest BCUT2D eigenvalue weighted by atomic mass is 15.1. The van der Waals surface area contributed by atoms with Gasteiger partial charge < -0.3 is 11.6 Å². The first kappa shape index (κ1) is 12.0. The predicted octanol–water partition coefficient (Wildman–Crippen LogP) is 1.65. The van der Waals surface area contributed by atoms with Gasteiger partial charge in [0.2, 0.25) is 0 Å². The first-order valence-corrected chi connectivity index (χ1v) is 5.57. The second-order valence-electron chi connectivity index (χ2n) is 4.02. The Hall–Kier alpha value is -2.43. The molecule has 0 aliphatic carbocycles. The standard InChI is InChI=1S/C13H15N5/c1-8(14)12(9(2)18-15)13-16-7-10-5-3-4-6-11(10)17-13/h3-7H,14-15H2,1-2H3. The molecule has 0 atom stereocenters. The summed E-state index contributed by atoms with van der Waals surface area (Å²) in [7, 11) is 0. The van der Waals surface area contributed by atoms with Crippen LogP contribution in [0.3, 0.4) is 0 Å². The number of allylic oxidation sites excluding steroid dienone is 2. The van der Waals surface area contributed by atoms with E-state index < -0.39 is 0 Å². The highest BCUT2D eigenvalue weighted by Gasteiger charge is 2.12. The van der Waals surface area contributed by atoms with Gasteiger partial charge in [0, 0.05) is 17.3 Å². The lowest BCUT2D eigenvalue weighted by Gasteiger charge is -2.08. The Balaban J connectivity index is 2.63. The van der Waals surface area contributed by atoms with Crippen molar-refractivity contribution in [3.05, 3.63) is 42.0 Å². The van der Waals surface area contributed by atoms with Crippen molar-refractivity contribution >= 4 is 22.2 Å². The second kappa shape index (κ2) is 4.83. The van der Waals surface area contributed by atoms with E-state index in [4.69, 9.17) is 11.6 Å². The Kier molecular flexibility index (Phi) is 3.23. The van der Waals surface area contributed by atoms with Crippen molar-refractivity contribution < 1.29 is 0 Å². The van der Waals surface area contributed by atoms with Crippen LogP contribution in [0.1, 0.15) is 19.7 Å². The summed E-state index contributed by atoms with van der Waals surface area (Å²) in [5, 5.41) is 4.65. The number of rotatable bonds is 2. The van der Waals surface area contributed by atoms with Gasteiger partial charge in [-0.2, -0.15) is 5.10 Å². The summed E-state index contributed by atoms with van der Waals surface area (Å²) in [4.78, 5) is 8.79. The van der Waals surface area contributed by atoms with Gasteiger partial charge >= 0.3 is 0 Å². The summed E-state index contributed by atoms with van der Waals surface area (Å²) in [5.74, 6) is 5.85. The van der Waals surface area contributed by atoms with Crippen LogP contribution in [0.15, 0.2) is 41.3 Å². The van der Waals surface area contributed by atoms with Gasteiger partial charge in [0.05, 0.1) is 16.8 Å². The molecule has 0 unspecified atom stereocenters. The van der Waals surface area contributed by atoms with Gasteiger partial charge in [-0.1, -0.05) is 18.2 Å². The molecule has 2 aromatic rings. The van der Waals surface area contributed by atoms with Gasteiger partial charge in [0.15, 0.2) is 5.82 Å². The SMILES string of the molecule is CC(=NN)C(=C(C)N)c1ncc2ccccc2n1. The van der Waals surface area contributed by atoms with E-state index in [1.165, 1.54) is 0 Å². The molecule has 1 aromatic heterocycles. The lowest BCUT2D eigenvalue weighted by atomic mass is 10.1. The van der Waals surface area contributed by atoms with Gasteiger partial charge in [0.1, 0.15) is 0 Å². The van der Waals surface area contributed by atoms with Crippen molar-refractivity contribution in [2.45, 2.75) is 13.8 Å². The number of aromatic nitrogens is 2. The van der Waals surface area contributed by atoms with Crippen LogP contribution in [-0.4, -0.2) is 15.7 Å². The summed E-state index contributed by atoms with van der Waals surface area (Å²) >= 11 is 0. The fourth-order valence-electron chi connectivity index (χ4n) is 1.78. The fraction of sp³-hybridized carbons (Fsp3) is 0.154. The molecule has 0 saturated carbocycles. The zero-order valence-corrected chi connectivity index (χ0v) is 10.4. The third-order valence-electron chi connectivity index (χ3n) is 2.66. The van der Waals surface area contributed by atoms with Crippen LogP contribution in [0.4, 0.5) is 0 Å². The van der Waals surface area contributed by atoms with Crippen LogP contribution in [0.5, 0.6) is 0 Å². The van der Waals surface area contributed by atoms with Crippen molar-refractivity contribution in [2.75, 3.05) is 0 Å². The molecule has 0 aliphatic heterocycles. The van der Waals surface area contributed by atoms with E-state index in [1.54, 1.807) is 20.0 Å². The number of nitrogens with two attached hydrogens (primary N) is 2. The number of hydrogen-bond donors (Lipinski definition) is 2.